The monoisotopic (exact) mass is 296 g/mol. The summed E-state index contributed by atoms with van der Waals surface area (Å²) in [6, 6.07) is 3.79. The summed E-state index contributed by atoms with van der Waals surface area (Å²) in [6.45, 7) is 5.75. The fourth-order valence-electron chi connectivity index (χ4n) is 2.07. The van der Waals surface area contributed by atoms with Crippen LogP contribution in [-0.4, -0.2) is 33.7 Å². The third-order valence-corrected chi connectivity index (χ3v) is 4.56. The Morgan fingerprint density at radius 2 is 2.35 bits per heavy atom. The van der Waals surface area contributed by atoms with E-state index in [1.54, 1.807) is 6.20 Å². The molecule has 0 aromatic carbocycles. The highest BCUT2D eigenvalue weighted by Gasteiger charge is 2.28. The second-order valence-electron chi connectivity index (χ2n) is 4.70. The number of alkyl halides is 1. The molecule has 1 aliphatic heterocycles. The molecule has 0 N–H and O–H groups in total. The second-order valence-corrected chi connectivity index (χ2v) is 5.88. The van der Waals surface area contributed by atoms with E-state index in [4.69, 9.17) is 0 Å². The molecule has 1 amide bonds. The van der Waals surface area contributed by atoms with E-state index in [0.29, 0.717) is 16.4 Å². The van der Waals surface area contributed by atoms with Gasteiger partial charge in [-0.1, -0.05) is 28.9 Å². The first-order valence-corrected chi connectivity index (χ1v) is 6.86. The van der Waals surface area contributed by atoms with Crippen LogP contribution < -0.4 is 0 Å². The van der Waals surface area contributed by atoms with Crippen LogP contribution in [0.25, 0.3) is 0 Å². The molecule has 1 fully saturated rings. The van der Waals surface area contributed by atoms with Gasteiger partial charge in [0.25, 0.3) is 5.91 Å². The molecule has 17 heavy (non-hydrogen) atoms. The van der Waals surface area contributed by atoms with Crippen LogP contribution in [0.3, 0.4) is 0 Å². The van der Waals surface area contributed by atoms with Crippen LogP contribution in [0.15, 0.2) is 18.3 Å². The van der Waals surface area contributed by atoms with E-state index in [1.807, 2.05) is 24.0 Å². The minimum absolute atomic E-state index is 0.0550. The van der Waals surface area contributed by atoms with Gasteiger partial charge in [-0.25, -0.2) is 0 Å². The Labute approximate surface area is 110 Å². The first kappa shape index (κ1) is 12.6. The van der Waals surface area contributed by atoms with Crippen LogP contribution >= 0.6 is 15.9 Å². The molecule has 92 valence electrons. The maximum atomic E-state index is 12.3. The fourth-order valence-corrected chi connectivity index (χ4v) is 2.68. The van der Waals surface area contributed by atoms with Gasteiger partial charge in [-0.05, 0) is 30.9 Å². The molecular formula is C13H17BrN2O. The average molecular weight is 297 g/mol. The summed E-state index contributed by atoms with van der Waals surface area (Å²) in [4.78, 5) is 18.8. The highest BCUT2D eigenvalue weighted by Crippen LogP contribution is 2.24. The standard InChI is InChI=1S/C13H17BrN2O/c1-9-5-7-16(8-11(9)14)13(17)12-10(2)4-3-6-15-12/h3-4,6,9,11H,5,7-8H2,1-2H3. The molecule has 0 spiro atoms. The Kier molecular flexibility index (Phi) is 3.82. The van der Waals surface area contributed by atoms with Gasteiger partial charge in [-0.3, -0.25) is 9.78 Å². The summed E-state index contributed by atoms with van der Waals surface area (Å²) >= 11 is 3.64. The van der Waals surface area contributed by atoms with Gasteiger partial charge in [0.05, 0.1) is 0 Å². The Morgan fingerprint density at radius 3 is 3.00 bits per heavy atom. The van der Waals surface area contributed by atoms with Crippen LogP contribution in [0.4, 0.5) is 0 Å². The van der Waals surface area contributed by atoms with Crippen molar-refractivity contribution in [3.63, 3.8) is 0 Å². The predicted molar refractivity (Wildman–Crippen MR) is 71.4 cm³/mol. The summed E-state index contributed by atoms with van der Waals surface area (Å²) in [5.41, 5.74) is 1.53. The summed E-state index contributed by atoms with van der Waals surface area (Å²) < 4.78 is 0. The highest BCUT2D eigenvalue weighted by molar-refractivity contribution is 9.09. The molecule has 1 aliphatic rings. The van der Waals surface area contributed by atoms with E-state index in [1.165, 1.54) is 0 Å². The number of carbonyl (C=O) groups excluding carboxylic acids is 1. The Balaban J connectivity index is 2.14. The number of nitrogens with zero attached hydrogens (tertiary/aromatic N) is 2. The van der Waals surface area contributed by atoms with Gasteiger partial charge in [-0.15, -0.1) is 0 Å². The lowest BCUT2D eigenvalue weighted by Crippen LogP contribution is -2.44. The summed E-state index contributed by atoms with van der Waals surface area (Å²) in [6.07, 6.45) is 2.73. The first-order chi connectivity index (χ1) is 8.09. The van der Waals surface area contributed by atoms with Crippen molar-refractivity contribution in [3.05, 3.63) is 29.6 Å². The largest absolute Gasteiger partial charge is 0.336 e. The number of aromatic nitrogens is 1. The maximum Gasteiger partial charge on any atom is 0.272 e. The number of hydrogen-bond donors (Lipinski definition) is 0. The van der Waals surface area contributed by atoms with Gasteiger partial charge in [0, 0.05) is 24.1 Å². The van der Waals surface area contributed by atoms with Crippen molar-refractivity contribution in [2.45, 2.75) is 25.1 Å². The average Bonchev–Trinajstić information content (AvgIpc) is 2.32. The molecule has 0 bridgehead atoms. The Bertz CT molecular complexity index is 422. The number of piperidine rings is 1. The first-order valence-electron chi connectivity index (χ1n) is 5.94. The minimum atomic E-state index is 0.0550. The van der Waals surface area contributed by atoms with Crippen LogP contribution in [0, 0.1) is 12.8 Å². The number of halogens is 1. The van der Waals surface area contributed by atoms with E-state index in [2.05, 4.69) is 27.8 Å². The van der Waals surface area contributed by atoms with E-state index in [-0.39, 0.29) is 5.91 Å². The number of pyridine rings is 1. The van der Waals surface area contributed by atoms with Crippen molar-refractivity contribution >= 4 is 21.8 Å². The number of carbonyl (C=O) groups is 1. The van der Waals surface area contributed by atoms with Crippen molar-refractivity contribution in [1.29, 1.82) is 0 Å². The summed E-state index contributed by atoms with van der Waals surface area (Å²) in [5, 5.41) is 0. The Hall–Kier alpha value is -0.900. The Morgan fingerprint density at radius 1 is 1.59 bits per heavy atom. The molecule has 0 saturated carbocycles. The quantitative estimate of drug-likeness (QED) is 0.747. The number of hydrogen-bond acceptors (Lipinski definition) is 2. The molecule has 2 rings (SSSR count). The third-order valence-electron chi connectivity index (χ3n) is 3.37. The maximum absolute atomic E-state index is 12.3. The number of aryl methyl sites for hydroxylation is 1. The van der Waals surface area contributed by atoms with E-state index < -0.39 is 0 Å². The lowest BCUT2D eigenvalue weighted by molar-refractivity contribution is 0.0699. The molecule has 2 unspecified atom stereocenters. The molecule has 1 saturated heterocycles. The molecule has 3 nitrogen and oxygen atoms in total. The molecule has 4 heteroatoms. The number of amides is 1. The predicted octanol–water partition coefficient (Wildman–Crippen LogP) is 2.64. The van der Waals surface area contributed by atoms with Crippen molar-refractivity contribution in [1.82, 2.24) is 9.88 Å². The van der Waals surface area contributed by atoms with Crippen LogP contribution in [-0.2, 0) is 0 Å². The lowest BCUT2D eigenvalue weighted by atomic mass is 9.98. The summed E-state index contributed by atoms with van der Waals surface area (Å²) in [5.74, 6) is 0.684. The smallest absolute Gasteiger partial charge is 0.272 e. The van der Waals surface area contributed by atoms with Crippen LogP contribution in [0.5, 0.6) is 0 Å². The van der Waals surface area contributed by atoms with E-state index in [0.717, 1.165) is 25.1 Å². The minimum Gasteiger partial charge on any atom is -0.336 e. The molecule has 2 atom stereocenters. The number of rotatable bonds is 1. The van der Waals surface area contributed by atoms with Crippen molar-refractivity contribution < 1.29 is 4.79 Å². The molecule has 1 aromatic heterocycles. The lowest BCUT2D eigenvalue weighted by Gasteiger charge is -2.34. The van der Waals surface area contributed by atoms with Crippen molar-refractivity contribution in [3.8, 4) is 0 Å². The van der Waals surface area contributed by atoms with Gasteiger partial charge in [-0.2, -0.15) is 0 Å². The van der Waals surface area contributed by atoms with E-state index >= 15 is 0 Å². The van der Waals surface area contributed by atoms with Crippen molar-refractivity contribution in [2.24, 2.45) is 5.92 Å². The summed E-state index contributed by atoms with van der Waals surface area (Å²) in [7, 11) is 0. The zero-order valence-corrected chi connectivity index (χ0v) is 11.8. The van der Waals surface area contributed by atoms with Crippen molar-refractivity contribution in [2.75, 3.05) is 13.1 Å². The normalized spacial score (nSPS) is 24.8. The highest BCUT2D eigenvalue weighted by atomic mass is 79.9. The van der Waals surface area contributed by atoms with Gasteiger partial charge in [0.15, 0.2) is 0 Å². The third kappa shape index (κ3) is 2.68. The number of likely N-dealkylation sites (tertiary alicyclic amines) is 1. The molecule has 2 heterocycles. The van der Waals surface area contributed by atoms with Crippen LogP contribution in [0.1, 0.15) is 29.4 Å². The van der Waals surface area contributed by atoms with Gasteiger partial charge < -0.3 is 4.90 Å². The molecular weight excluding hydrogens is 280 g/mol. The topological polar surface area (TPSA) is 33.2 Å². The van der Waals surface area contributed by atoms with Gasteiger partial charge in [0.1, 0.15) is 5.69 Å². The molecule has 0 radical (unpaired) electrons. The van der Waals surface area contributed by atoms with E-state index in [9.17, 15) is 4.79 Å². The zero-order chi connectivity index (χ0) is 12.4. The zero-order valence-electron chi connectivity index (χ0n) is 10.2. The second kappa shape index (κ2) is 5.17. The van der Waals surface area contributed by atoms with Gasteiger partial charge >= 0.3 is 0 Å². The van der Waals surface area contributed by atoms with Crippen LogP contribution in [0.2, 0.25) is 0 Å². The SMILES string of the molecule is Cc1cccnc1C(=O)N1CCC(C)C(Br)C1. The molecule has 0 aliphatic carbocycles. The molecule has 1 aromatic rings. The van der Waals surface area contributed by atoms with Gasteiger partial charge in [0.2, 0.25) is 0 Å². The fraction of sp³-hybridized carbons (Fsp3) is 0.538.